The van der Waals surface area contributed by atoms with Crippen LogP contribution in [-0.2, 0) is 34.7 Å². The second-order valence-electron chi connectivity index (χ2n) is 16.3. The molecular formula is C38H56N2O2. The summed E-state index contributed by atoms with van der Waals surface area (Å²) < 4.78 is 0. The van der Waals surface area contributed by atoms with E-state index in [-0.39, 0.29) is 21.7 Å². The average Bonchev–Trinajstić information content (AvgIpc) is 2.83. The highest BCUT2D eigenvalue weighted by atomic mass is 16.3. The Balaban J connectivity index is 1.95. The van der Waals surface area contributed by atoms with Crippen LogP contribution in [0.15, 0.2) is 48.5 Å². The Kier molecular flexibility index (Phi) is 9.14. The highest BCUT2D eigenvalue weighted by Gasteiger charge is 2.27. The fourth-order valence-corrected chi connectivity index (χ4v) is 5.30. The lowest BCUT2D eigenvalue weighted by Gasteiger charge is -2.30. The molecular weight excluding hydrogens is 516 g/mol. The van der Waals surface area contributed by atoms with Crippen molar-refractivity contribution in [2.75, 3.05) is 23.9 Å². The van der Waals surface area contributed by atoms with E-state index >= 15 is 0 Å². The quantitative estimate of drug-likeness (QED) is 0.309. The fourth-order valence-electron chi connectivity index (χ4n) is 5.30. The Labute approximate surface area is 256 Å². The Bertz CT molecular complexity index is 1300. The van der Waals surface area contributed by atoms with Gasteiger partial charge in [0.2, 0.25) is 0 Å². The van der Waals surface area contributed by atoms with Crippen molar-refractivity contribution in [2.24, 2.45) is 0 Å². The molecule has 3 rings (SSSR count). The van der Waals surface area contributed by atoms with Gasteiger partial charge in [0, 0.05) is 49.7 Å². The average molecular weight is 573 g/mol. The molecule has 42 heavy (non-hydrogen) atoms. The van der Waals surface area contributed by atoms with Gasteiger partial charge in [-0.2, -0.15) is 0 Å². The molecule has 0 unspecified atom stereocenters. The molecule has 2 N–H and O–H groups in total. The van der Waals surface area contributed by atoms with Crippen LogP contribution in [0.25, 0.3) is 0 Å². The lowest BCUT2D eigenvalue weighted by atomic mass is 9.79. The Morgan fingerprint density at radius 1 is 0.500 bits per heavy atom. The largest absolute Gasteiger partial charge is 0.507 e. The summed E-state index contributed by atoms with van der Waals surface area (Å²) in [5, 5.41) is 22.7. The molecule has 0 aromatic heterocycles. The molecule has 0 atom stereocenters. The first-order valence-electron chi connectivity index (χ1n) is 15.3. The summed E-state index contributed by atoms with van der Waals surface area (Å²) in [5.41, 5.74) is 8.08. The zero-order valence-corrected chi connectivity index (χ0v) is 28.8. The van der Waals surface area contributed by atoms with Crippen LogP contribution in [0.4, 0.5) is 11.4 Å². The zero-order chi connectivity index (χ0) is 32.0. The number of hydrogen-bond donors (Lipinski definition) is 2. The second-order valence-corrected chi connectivity index (χ2v) is 16.3. The standard InChI is InChI=1S/C38H56N2O2/c1-35(2,3)27-18-25(33(41)31(20-27)37(7,8)9)23-39(13)29-16-15-17-30(22-29)40(14)24-26-19-28(36(4,5)6)21-32(34(26)42)38(10,11)12/h15-22,41-42H,23-24H2,1-14H3. The number of aromatic hydroxyl groups is 2. The molecule has 0 saturated heterocycles. The number of anilines is 2. The first-order valence-corrected chi connectivity index (χ1v) is 15.3. The minimum Gasteiger partial charge on any atom is -0.507 e. The number of phenolic OH excluding ortho intramolecular Hbond substituents is 2. The summed E-state index contributed by atoms with van der Waals surface area (Å²) in [5.74, 6) is 0.777. The van der Waals surface area contributed by atoms with Gasteiger partial charge in [-0.05, 0) is 74.2 Å². The second kappa shape index (κ2) is 11.5. The van der Waals surface area contributed by atoms with Crippen LogP contribution in [0.1, 0.15) is 116 Å². The molecule has 0 spiro atoms. The van der Waals surface area contributed by atoms with Gasteiger partial charge >= 0.3 is 0 Å². The van der Waals surface area contributed by atoms with Crippen LogP contribution in [0.3, 0.4) is 0 Å². The van der Waals surface area contributed by atoms with E-state index in [1.165, 1.54) is 11.1 Å². The van der Waals surface area contributed by atoms with Gasteiger partial charge in [0.05, 0.1) is 0 Å². The van der Waals surface area contributed by atoms with E-state index in [1.807, 2.05) is 0 Å². The first kappa shape index (κ1) is 33.4. The topological polar surface area (TPSA) is 46.9 Å². The lowest BCUT2D eigenvalue weighted by molar-refractivity contribution is 0.437. The number of hydrogen-bond acceptors (Lipinski definition) is 4. The van der Waals surface area contributed by atoms with Crippen molar-refractivity contribution in [2.45, 2.75) is 118 Å². The van der Waals surface area contributed by atoms with E-state index in [4.69, 9.17) is 0 Å². The highest BCUT2D eigenvalue weighted by molar-refractivity contribution is 5.61. The summed E-state index contributed by atoms with van der Waals surface area (Å²) in [6, 6.07) is 17.2. The van der Waals surface area contributed by atoms with Crippen molar-refractivity contribution in [1.82, 2.24) is 0 Å². The van der Waals surface area contributed by atoms with Gasteiger partial charge in [0.1, 0.15) is 11.5 Å². The molecule has 0 aliphatic rings. The minimum absolute atomic E-state index is 0.0215. The predicted molar refractivity (Wildman–Crippen MR) is 182 cm³/mol. The fraction of sp³-hybridized carbons (Fsp3) is 0.526. The van der Waals surface area contributed by atoms with Crippen LogP contribution in [0, 0.1) is 0 Å². The molecule has 230 valence electrons. The summed E-state index contributed by atoms with van der Waals surface area (Å²) in [6.07, 6.45) is 0. The molecule has 4 heteroatoms. The van der Waals surface area contributed by atoms with Crippen molar-refractivity contribution in [3.05, 3.63) is 81.9 Å². The third-order valence-corrected chi connectivity index (χ3v) is 8.25. The molecule has 3 aromatic carbocycles. The van der Waals surface area contributed by atoms with Crippen LogP contribution in [0.2, 0.25) is 0 Å². The van der Waals surface area contributed by atoms with Gasteiger partial charge in [-0.1, -0.05) is 101 Å². The molecule has 0 aliphatic heterocycles. The number of rotatable bonds is 6. The minimum atomic E-state index is -0.163. The molecule has 3 aromatic rings. The molecule has 0 heterocycles. The van der Waals surface area contributed by atoms with E-state index in [0.29, 0.717) is 24.6 Å². The highest BCUT2D eigenvalue weighted by Crippen LogP contribution is 2.40. The molecule has 0 amide bonds. The number of nitrogens with zero attached hydrogens (tertiary/aromatic N) is 2. The van der Waals surface area contributed by atoms with E-state index in [2.05, 4.69) is 156 Å². The summed E-state index contributed by atoms with van der Waals surface area (Å²) in [4.78, 5) is 4.39. The van der Waals surface area contributed by atoms with Crippen molar-refractivity contribution in [3.8, 4) is 11.5 Å². The molecule has 0 bridgehead atoms. The third kappa shape index (κ3) is 7.62. The zero-order valence-electron chi connectivity index (χ0n) is 28.8. The van der Waals surface area contributed by atoms with Gasteiger partial charge in [-0.3, -0.25) is 0 Å². The van der Waals surface area contributed by atoms with Crippen molar-refractivity contribution >= 4 is 11.4 Å². The Morgan fingerprint density at radius 3 is 1.12 bits per heavy atom. The van der Waals surface area contributed by atoms with Crippen LogP contribution >= 0.6 is 0 Å². The maximum atomic E-state index is 11.3. The SMILES string of the molecule is CN(Cc1cc(C(C)(C)C)cc(C(C)(C)C)c1O)c1cccc(N(C)Cc2cc(C(C)(C)C)cc(C(C)(C)C)c2O)c1. The smallest absolute Gasteiger partial charge is 0.124 e. The summed E-state index contributed by atoms with van der Waals surface area (Å²) in [7, 11) is 4.15. The van der Waals surface area contributed by atoms with E-state index < -0.39 is 0 Å². The van der Waals surface area contributed by atoms with E-state index in [9.17, 15) is 10.2 Å². The predicted octanol–water partition coefficient (Wildman–Crippen LogP) is 9.56. The molecule has 0 fully saturated rings. The lowest BCUT2D eigenvalue weighted by Crippen LogP contribution is -2.22. The van der Waals surface area contributed by atoms with Crippen LogP contribution in [0.5, 0.6) is 11.5 Å². The van der Waals surface area contributed by atoms with Gasteiger partial charge in [-0.15, -0.1) is 0 Å². The van der Waals surface area contributed by atoms with Crippen molar-refractivity contribution in [1.29, 1.82) is 0 Å². The molecule has 0 aliphatic carbocycles. The number of benzene rings is 3. The molecule has 4 nitrogen and oxygen atoms in total. The summed E-state index contributed by atoms with van der Waals surface area (Å²) in [6.45, 7) is 27.4. The van der Waals surface area contributed by atoms with Gasteiger partial charge < -0.3 is 20.0 Å². The third-order valence-electron chi connectivity index (χ3n) is 8.25. The molecule has 0 saturated carbocycles. The maximum Gasteiger partial charge on any atom is 0.124 e. The normalized spacial score (nSPS) is 12.9. The maximum absolute atomic E-state index is 11.3. The first-order chi connectivity index (χ1) is 19.0. The van der Waals surface area contributed by atoms with Crippen LogP contribution in [-0.4, -0.2) is 24.3 Å². The van der Waals surface area contributed by atoms with Gasteiger partial charge in [0.25, 0.3) is 0 Å². The van der Waals surface area contributed by atoms with Crippen LogP contribution < -0.4 is 9.80 Å². The number of phenols is 2. The Hall–Kier alpha value is -3.14. The van der Waals surface area contributed by atoms with Crippen molar-refractivity contribution in [3.63, 3.8) is 0 Å². The van der Waals surface area contributed by atoms with Crippen molar-refractivity contribution < 1.29 is 10.2 Å². The Morgan fingerprint density at radius 2 is 0.833 bits per heavy atom. The van der Waals surface area contributed by atoms with E-state index in [0.717, 1.165) is 33.6 Å². The summed E-state index contributed by atoms with van der Waals surface area (Å²) >= 11 is 0. The van der Waals surface area contributed by atoms with Gasteiger partial charge in [-0.25, -0.2) is 0 Å². The monoisotopic (exact) mass is 572 g/mol. The van der Waals surface area contributed by atoms with E-state index in [1.54, 1.807) is 0 Å². The van der Waals surface area contributed by atoms with Gasteiger partial charge in [0.15, 0.2) is 0 Å². The molecule has 0 radical (unpaired) electrons.